The molecule has 1 fully saturated rings. The molecule has 0 aliphatic carbocycles. The summed E-state index contributed by atoms with van der Waals surface area (Å²) in [5.41, 5.74) is -0.493. The summed E-state index contributed by atoms with van der Waals surface area (Å²) in [5, 5.41) is 15.9. The monoisotopic (exact) mass is 144 g/mol. The van der Waals surface area contributed by atoms with Crippen molar-refractivity contribution in [3.8, 4) is 0 Å². The van der Waals surface area contributed by atoms with Crippen molar-refractivity contribution in [3.63, 3.8) is 0 Å². The number of piperidine rings is 1. The molecule has 1 aliphatic heterocycles. The van der Waals surface area contributed by atoms with E-state index in [2.05, 4.69) is 10.6 Å². The fourth-order valence-electron chi connectivity index (χ4n) is 1.43. The molecule has 0 aromatic carbocycles. The van der Waals surface area contributed by atoms with Crippen molar-refractivity contribution >= 4 is 0 Å². The highest BCUT2D eigenvalue weighted by atomic mass is 16.3. The van der Waals surface area contributed by atoms with Crippen LogP contribution in [0.2, 0.25) is 0 Å². The minimum absolute atomic E-state index is 0.493. The van der Waals surface area contributed by atoms with Crippen molar-refractivity contribution in [3.05, 3.63) is 0 Å². The van der Waals surface area contributed by atoms with E-state index in [0.29, 0.717) is 6.54 Å². The second-order valence-electron chi connectivity index (χ2n) is 3.04. The lowest BCUT2D eigenvalue weighted by Crippen LogP contribution is -2.51. The summed E-state index contributed by atoms with van der Waals surface area (Å²) in [6.45, 7) is 2.47. The van der Waals surface area contributed by atoms with Crippen LogP contribution in [0.4, 0.5) is 0 Å². The zero-order chi connectivity index (χ0) is 7.45. The van der Waals surface area contributed by atoms with Gasteiger partial charge < -0.3 is 15.7 Å². The van der Waals surface area contributed by atoms with Crippen LogP contribution in [0.1, 0.15) is 12.8 Å². The van der Waals surface area contributed by atoms with Gasteiger partial charge >= 0.3 is 0 Å². The van der Waals surface area contributed by atoms with Crippen LogP contribution in [-0.4, -0.2) is 37.4 Å². The summed E-state index contributed by atoms with van der Waals surface area (Å²) in [7, 11) is 1.87. The molecule has 0 spiro atoms. The van der Waals surface area contributed by atoms with E-state index in [1.807, 2.05) is 7.05 Å². The van der Waals surface area contributed by atoms with E-state index in [1.54, 1.807) is 0 Å². The van der Waals surface area contributed by atoms with E-state index in [0.717, 1.165) is 25.9 Å². The molecule has 10 heavy (non-hydrogen) atoms. The number of hydrogen-bond donors (Lipinski definition) is 3. The maximum atomic E-state index is 9.75. The van der Waals surface area contributed by atoms with Crippen LogP contribution in [0.15, 0.2) is 0 Å². The fourth-order valence-corrected chi connectivity index (χ4v) is 1.43. The molecular weight excluding hydrogens is 128 g/mol. The summed E-state index contributed by atoms with van der Waals surface area (Å²) in [6.07, 6.45) is 2.00. The lowest BCUT2D eigenvalue weighted by molar-refractivity contribution is 0.0189. The highest BCUT2D eigenvalue weighted by molar-refractivity contribution is 4.86. The molecule has 0 aromatic heterocycles. The smallest absolute Gasteiger partial charge is 0.0895 e. The second-order valence-corrected chi connectivity index (χ2v) is 3.04. The van der Waals surface area contributed by atoms with Crippen LogP contribution < -0.4 is 10.6 Å². The molecule has 0 saturated carbocycles. The largest absolute Gasteiger partial charge is 0.387 e. The van der Waals surface area contributed by atoms with Gasteiger partial charge in [0.1, 0.15) is 0 Å². The van der Waals surface area contributed by atoms with Gasteiger partial charge in [0.25, 0.3) is 0 Å². The molecular formula is C7H16N2O. The first kappa shape index (κ1) is 7.98. The fraction of sp³-hybridized carbons (Fsp3) is 1.00. The molecule has 0 radical (unpaired) electrons. The van der Waals surface area contributed by atoms with Gasteiger partial charge in [0.15, 0.2) is 0 Å². The molecule has 1 aliphatic rings. The standard InChI is InChI=1S/C7H16N2O/c1-8-5-7(10)3-2-4-9-6-7/h8-10H,2-6H2,1H3. The zero-order valence-corrected chi connectivity index (χ0v) is 6.48. The lowest BCUT2D eigenvalue weighted by atomic mass is 9.94. The Morgan fingerprint density at radius 1 is 1.70 bits per heavy atom. The van der Waals surface area contributed by atoms with Crippen molar-refractivity contribution in [2.75, 3.05) is 26.7 Å². The number of nitrogens with one attached hydrogen (secondary N) is 2. The number of aliphatic hydroxyl groups is 1. The maximum Gasteiger partial charge on any atom is 0.0895 e. The van der Waals surface area contributed by atoms with Gasteiger partial charge in [-0.1, -0.05) is 0 Å². The van der Waals surface area contributed by atoms with Gasteiger partial charge in [0, 0.05) is 13.1 Å². The average molecular weight is 144 g/mol. The van der Waals surface area contributed by atoms with Crippen molar-refractivity contribution in [1.82, 2.24) is 10.6 Å². The van der Waals surface area contributed by atoms with Crippen LogP contribution in [0, 0.1) is 0 Å². The Hall–Kier alpha value is -0.120. The third kappa shape index (κ3) is 1.94. The topological polar surface area (TPSA) is 44.3 Å². The van der Waals surface area contributed by atoms with Crippen LogP contribution in [0.3, 0.4) is 0 Å². The van der Waals surface area contributed by atoms with Gasteiger partial charge in [0.2, 0.25) is 0 Å². The van der Waals surface area contributed by atoms with Crippen LogP contribution in [-0.2, 0) is 0 Å². The predicted octanol–water partition coefficient (Wildman–Crippen LogP) is -0.680. The second kappa shape index (κ2) is 3.32. The minimum atomic E-state index is -0.493. The molecule has 3 nitrogen and oxygen atoms in total. The first-order valence-electron chi connectivity index (χ1n) is 3.84. The van der Waals surface area contributed by atoms with Crippen molar-refractivity contribution in [2.45, 2.75) is 18.4 Å². The number of hydrogen-bond acceptors (Lipinski definition) is 3. The first-order chi connectivity index (χ1) is 4.77. The molecule has 1 heterocycles. The molecule has 3 heteroatoms. The molecule has 60 valence electrons. The van der Waals surface area contributed by atoms with Gasteiger partial charge in [-0.3, -0.25) is 0 Å². The quantitative estimate of drug-likeness (QED) is 0.481. The predicted molar refractivity (Wildman–Crippen MR) is 41.0 cm³/mol. The molecule has 1 atom stereocenters. The lowest BCUT2D eigenvalue weighted by Gasteiger charge is -2.32. The zero-order valence-electron chi connectivity index (χ0n) is 6.48. The summed E-state index contributed by atoms with van der Waals surface area (Å²) in [5.74, 6) is 0. The number of likely N-dealkylation sites (N-methyl/N-ethyl adjacent to an activating group) is 1. The van der Waals surface area contributed by atoms with Crippen molar-refractivity contribution in [2.24, 2.45) is 0 Å². The summed E-state index contributed by atoms with van der Waals surface area (Å²) in [6, 6.07) is 0. The normalized spacial score (nSPS) is 34.2. The molecule has 1 rings (SSSR count). The van der Waals surface area contributed by atoms with Gasteiger partial charge in [0.05, 0.1) is 5.60 Å². The Morgan fingerprint density at radius 2 is 2.50 bits per heavy atom. The SMILES string of the molecule is CNCC1(O)CCCNC1. The Kier molecular flexibility index (Phi) is 2.65. The molecule has 0 bridgehead atoms. The van der Waals surface area contributed by atoms with Crippen LogP contribution >= 0.6 is 0 Å². The Bertz CT molecular complexity index is 94.3. The van der Waals surface area contributed by atoms with E-state index >= 15 is 0 Å². The van der Waals surface area contributed by atoms with Gasteiger partial charge in [-0.2, -0.15) is 0 Å². The van der Waals surface area contributed by atoms with Gasteiger partial charge in [-0.25, -0.2) is 0 Å². The highest BCUT2D eigenvalue weighted by Crippen LogP contribution is 2.13. The summed E-state index contributed by atoms with van der Waals surface area (Å²) in [4.78, 5) is 0. The number of β-amino-alcohol motifs (C(OH)–C–C–N with tert-alkyl or cyclic N) is 1. The van der Waals surface area contributed by atoms with Crippen molar-refractivity contribution in [1.29, 1.82) is 0 Å². The molecule has 0 amide bonds. The van der Waals surface area contributed by atoms with E-state index < -0.39 is 5.60 Å². The van der Waals surface area contributed by atoms with Gasteiger partial charge in [-0.15, -0.1) is 0 Å². The Morgan fingerprint density at radius 3 is 3.00 bits per heavy atom. The van der Waals surface area contributed by atoms with Crippen LogP contribution in [0.25, 0.3) is 0 Å². The van der Waals surface area contributed by atoms with E-state index in [4.69, 9.17) is 0 Å². The minimum Gasteiger partial charge on any atom is -0.387 e. The molecule has 3 N–H and O–H groups in total. The maximum absolute atomic E-state index is 9.75. The molecule has 0 aromatic rings. The first-order valence-corrected chi connectivity index (χ1v) is 3.84. The summed E-state index contributed by atoms with van der Waals surface area (Å²) < 4.78 is 0. The molecule has 1 unspecified atom stereocenters. The van der Waals surface area contributed by atoms with Crippen LogP contribution in [0.5, 0.6) is 0 Å². The third-order valence-corrected chi connectivity index (χ3v) is 1.96. The summed E-state index contributed by atoms with van der Waals surface area (Å²) >= 11 is 0. The van der Waals surface area contributed by atoms with Crippen molar-refractivity contribution < 1.29 is 5.11 Å². The molecule has 1 saturated heterocycles. The number of rotatable bonds is 2. The third-order valence-electron chi connectivity index (χ3n) is 1.96. The highest BCUT2D eigenvalue weighted by Gasteiger charge is 2.27. The van der Waals surface area contributed by atoms with E-state index in [9.17, 15) is 5.11 Å². The van der Waals surface area contributed by atoms with E-state index in [1.165, 1.54) is 0 Å². The Balaban J connectivity index is 2.32. The average Bonchev–Trinajstić information content (AvgIpc) is 1.89. The van der Waals surface area contributed by atoms with Gasteiger partial charge in [-0.05, 0) is 26.4 Å². The Labute approximate surface area is 61.8 Å². The van der Waals surface area contributed by atoms with E-state index in [-0.39, 0.29) is 0 Å².